The van der Waals surface area contributed by atoms with Crippen LogP contribution < -0.4 is 11.1 Å². The van der Waals surface area contributed by atoms with Crippen molar-refractivity contribution in [2.75, 3.05) is 13.7 Å². The predicted molar refractivity (Wildman–Crippen MR) is 61.6 cm³/mol. The minimum Gasteiger partial charge on any atom is -0.467 e. The van der Waals surface area contributed by atoms with Crippen molar-refractivity contribution in [1.29, 1.82) is 0 Å². The summed E-state index contributed by atoms with van der Waals surface area (Å²) in [5.74, 6) is -0.694. The minimum atomic E-state index is -0.679. The van der Waals surface area contributed by atoms with Gasteiger partial charge in [0.05, 0.1) is 12.5 Å². The third-order valence-electron chi connectivity index (χ3n) is 2.53. The van der Waals surface area contributed by atoms with Crippen LogP contribution in [-0.4, -0.2) is 31.6 Å². The Morgan fingerprint density at radius 2 is 1.88 bits per heavy atom. The fourth-order valence-corrected chi connectivity index (χ4v) is 1.05. The molecule has 1 atom stereocenters. The van der Waals surface area contributed by atoms with E-state index in [-0.39, 0.29) is 18.4 Å². The van der Waals surface area contributed by atoms with E-state index in [0.717, 1.165) is 0 Å². The standard InChI is InChI=1S/C11H22N2O3/c1-7(2)8(9(14)16-5)13-10(15)11(3,4)6-12/h7-8H,6,12H2,1-5H3,(H,13,15). The summed E-state index contributed by atoms with van der Waals surface area (Å²) in [6.07, 6.45) is 0. The third-order valence-corrected chi connectivity index (χ3v) is 2.53. The highest BCUT2D eigenvalue weighted by atomic mass is 16.5. The Bertz CT molecular complexity index is 262. The first-order chi connectivity index (χ1) is 7.26. The molecule has 0 fully saturated rings. The molecule has 0 heterocycles. The quantitative estimate of drug-likeness (QED) is 0.665. The summed E-state index contributed by atoms with van der Waals surface area (Å²) in [5.41, 5.74) is 4.81. The van der Waals surface area contributed by atoms with Gasteiger partial charge in [0.2, 0.25) is 5.91 Å². The first-order valence-electron chi connectivity index (χ1n) is 5.35. The van der Waals surface area contributed by atoms with Crippen LogP contribution in [0.2, 0.25) is 0 Å². The molecule has 0 aliphatic carbocycles. The molecule has 0 saturated heterocycles. The molecule has 0 radical (unpaired) electrons. The van der Waals surface area contributed by atoms with Gasteiger partial charge < -0.3 is 15.8 Å². The van der Waals surface area contributed by atoms with Gasteiger partial charge in [-0.15, -0.1) is 0 Å². The molecule has 0 saturated carbocycles. The number of rotatable bonds is 5. The van der Waals surface area contributed by atoms with Crippen molar-refractivity contribution in [1.82, 2.24) is 5.32 Å². The summed E-state index contributed by atoms with van der Waals surface area (Å²) in [5, 5.41) is 2.66. The Labute approximate surface area is 96.7 Å². The van der Waals surface area contributed by atoms with Crippen LogP contribution in [-0.2, 0) is 14.3 Å². The molecule has 0 aromatic rings. The molecule has 1 unspecified atom stereocenters. The number of esters is 1. The molecule has 0 bridgehead atoms. The Balaban J connectivity index is 4.65. The van der Waals surface area contributed by atoms with Crippen LogP contribution >= 0.6 is 0 Å². The second-order valence-electron chi connectivity index (χ2n) is 4.81. The van der Waals surface area contributed by atoms with Gasteiger partial charge in [0, 0.05) is 6.54 Å². The zero-order valence-electron chi connectivity index (χ0n) is 10.7. The van der Waals surface area contributed by atoms with Crippen LogP contribution in [0.15, 0.2) is 0 Å². The molecule has 0 spiro atoms. The van der Waals surface area contributed by atoms with Crippen molar-refractivity contribution in [2.45, 2.75) is 33.7 Å². The fourth-order valence-electron chi connectivity index (χ4n) is 1.05. The van der Waals surface area contributed by atoms with E-state index < -0.39 is 17.4 Å². The Morgan fingerprint density at radius 1 is 1.38 bits per heavy atom. The lowest BCUT2D eigenvalue weighted by Gasteiger charge is -2.26. The van der Waals surface area contributed by atoms with Crippen LogP contribution in [0, 0.1) is 11.3 Å². The SMILES string of the molecule is COC(=O)C(NC(=O)C(C)(C)CN)C(C)C. The number of carbonyl (C=O) groups excluding carboxylic acids is 2. The molecule has 5 nitrogen and oxygen atoms in total. The molecule has 94 valence electrons. The van der Waals surface area contributed by atoms with E-state index in [0.29, 0.717) is 0 Å². The van der Waals surface area contributed by atoms with E-state index in [4.69, 9.17) is 5.73 Å². The number of ether oxygens (including phenoxy) is 1. The second kappa shape index (κ2) is 5.84. The van der Waals surface area contributed by atoms with Crippen molar-refractivity contribution in [3.8, 4) is 0 Å². The minimum absolute atomic E-state index is 0.0232. The molecule has 1 amide bonds. The Kier molecular flexibility index (Phi) is 5.44. The molecular formula is C11H22N2O3. The van der Waals surface area contributed by atoms with Crippen LogP contribution in [0.3, 0.4) is 0 Å². The lowest BCUT2D eigenvalue weighted by Crippen LogP contribution is -2.51. The summed E-state index contributed by atoms with van der Waals surface area (Å²) >= 11 is 0. The first kappa shape index (κ1) is 14.9. The number of hydrogen-bond donors (Lipinski definition) is 2. The van der Waals surface area contributed by atoms with Gasteiger partial charge in [0.15, 0.2) is 0 Å². The number of carbonyl (C=O) groups is 2. The molecule has 5 heteroatoms. The second-order valence-corrected chi connectivity index (χ2v) is 4.81. The normalized spacial score (nSPS) is 13.4. The van der Waals surface area contributed by atoms with Gasteiger partial charge in [0.1, 0.15) is 6.04 Å². The largest absolute Gasteiger partial charge is 0.467 e. The van der Waals surface area contributed by atoms with Gasteiger partial charge in [-0.25, -0.2) is 4.79 Å². The van der Waals surface area contributed by atoms with Gasteiger partial charge in [-0.3, -0.25) is 4.79 Å². The van der Waals surface area contributed by atoms with Gasteiger partial charge in [0.25, 0.3) is 0 Å². The number of amides is 1. The third kappa shape index (κ3) is 3.81. The van der Waals surface area contributed by atoms with E-state index >= 15 is 0 Å². The van der Waals surface area contributed by atoms with E-state index in [9.17, 15) is 9.59 Å². The predicted octanol–water partition coefficient (Wildman–Crippen LogP) is 0.285. The van der Waals surface area contributed by atoms with Gasteiger partial charge in [-0.05, 0) is 19.8 Å². The van der Waals surface area contributed by atoms with E-state index in [1.54, 1.807) is 13.8 Å². The summed E-state index contributed by atoms with van der Waals surface area (Å²) in [6.45, 7) is 7.38. The molecule has 0 rings (SSSR count). The number of hydrogen-bond acceptors (Lipinski definition) is 4. The van der Waals surface area contributed by atoms with E-state index in [1.165, 1.54) is 7.11 Å². The first-order valence-corrected chi connectivity index (χ1v) is 5.35. The average molecular weight is 230 g/mol. The van der Waals surface area contributed by atoms with Crippen molar-refractivity contribution in [3.05, 3.63) is 0 Å². The lowest BCUT2D eigenvalue weighted by atomic mass is 9.91. The highest BCUT2D eigenvalue weighted by molar-refractivity contribution is 5.87. The maximum absolute atomic E-state index is 11.8. The summed E-state index contributed by atoms with van der Waals surface area (Å²) in [4.78, 5) is 23.3. The monoisotopic (exact) mass is 230 g/mol. The average Bonchev–Trinajstić information content (AvgIpc) is 2.23. The summed E-state index contributed by atoms with van der Waals surface area (Å²) in [7, 11) is 1.30. The van der Waals surface area contributed by atoms with Crippen LogP contribution in [0.4, 0.5) is 0 Å². The molecule has 0 aliphatic rings. The smallest absolute Gasteiger partial charge is 0.328 e. The van der Waals surface area contributed by atoms with Crippen LogP contribution in [0.1, 0.15) is 27.7 Å². The topological polar surface area (TPSA) is 81.4 Å². The van der Waals surface area contributed by atoms with Crippen molar-refractivity contribution < 1.29 is 14.3 Å². The van der Waals surface area contributed by atoms with Gasteiger partial charge >= 0.3 is 5.97 Å². The molecule has 0 aromatic carbocycles. The van der Waals surface area contributed by atoms with E-state index in [2.05, 4.69) is 10.1 Å². The highest BCUT2D eigenvalue weighted by Crippen LogP contribution is 2.14. The van der Waals surface area contributed by atoms with Gasteiger partial charge in [-0.2, -0.15) is 0 Å². The van der Waals surface area contributed by atoms with Gasteiger partial charge in [-0.1, -0.05) is 13.8 Å². The molecular weight excluding hydrogens is 208 g/mol. The summed E-state index contributed by atoms with van der Waals surface area (Å²) in [6, 6.07) is -0.622. The number of nitrogens with two attached hydrogens (primary N) is 1. The summed E-state index contributed by atoms with van der Waals surface area (Å²) < 4.78 is 4.64. The number of nitrogens with one attached hydrogen (secondary N) is 1. The maximum Gasteiger partial charge on any atom is 0.328 e. The maximum atomic E-state index is 11.8. The number of methoxy groups -OCH3 is 1. The van der Waals surface area contributed by atoms with E-state index in [1.807, 2.05) is 13.8 Å². The highest BCUT2D eigenvalue weighted by Gasteiger charge is 2.31. The van der Waals surface area contributed by atoms with Crippen molar-refractivity contribution in [3.63, 3.8) is 0 Å². The Hall–Kier alpha value is -1.10. The molecule has 0 aliphatic heterocycles. The van der Waals surface area contributed by atoms with Crippen molar-refractivity contribution in [2.24, 2.45) is 17.1 Å². The molecule has 16 heavy (non-hydrogen) atoms. The lowest BCUT2D eigenvalue weighted by molar-refractivity contribution is -0.147. The molecule has 3 N–H and O–H groups in total. The molecule has 0 aromatic heterocycles. The Morgan fingerprint density at radius 3 is 2.19 bits per heavy atom. The fraction of sp³-hybridized carbons (Fsp3) is 0.818. The zero-order chi connectivity index (χ0) is 12.9. The van der Waals surface area contributed by atoms with Crippen LogP contribution in [0.25, 0.3) is 0 Å². The zero-order valence-corrected chi connectivity index (χ0v) is 10.7. The van der Waals surface area contributed by atoms with Crippen molar-refractivity contribution >= 4 is 11.9 Å². The van der Waals surface area contributed by atoms with Crippen LogP contribution in [0.5, 0.6) is 0 Å².